The van der Waals surface area contributed by atoms with Crippen LogP contribution >= 0.6 is 0 Å². The maximum atomic E-state index is 12.3. The van der Waals surface area contributed by atoms with Crippen molar-refractivity contribution in [1.82, 2.24) is 25.5 Å². The van der Waals surface area contributed by atoms with E-state index in [0.717, 1.165) is 20.8 Å². The van der Waals surface area contributed by atoms with Crippen LogP contribution in [0, 0.1) is 0 Å². The van der Waals surface area contributed by atoms with Gasteiger partial charge in [0, 0.05) is 36.8 Å². The fraction of sp³-hybridized carbons (Fsp3) is 0.190. The van der Waals surface area contributed by atoms with Crippen molar-refractivity contribution in [2.45, 2.75) is 11.3 Å². The van der Waals surface area contributed by atoms with Crippen molar-refractivity contribution >= 4 is 38.6 Å². The van der Waals surface area contributed by atoms with E-state index >= 15 is 0 Å². The summed E-state index contributed by atoms with van der Waals surface area (Å²) >= 11 is 0. The van der Waals surface area contributed by atoms with Crippen LogP contribution in [0.2, 0.25) is 0 Å². The number of carbonyl (C=O) groups is 3. The molecule has 168 valence electrons. The molecule has 0 aliphatic rings. The van der Waals surface area contributed by atoms with E-state index in [2.05, 4.69) is 21.2 Å². The van der Waals surface area contributed by atoms with E-state index in [4.69, 9.17) is 0 Å². The fourth-order valence-electron chi connectivity index (χ4n) is 2.95. The van der Waals surface area contributed by atoms with E-state index in [1.807, 2.05) is 24.3 Å². The lowest BCUT2D eigenvalue weighted by Gasteiger charge is -2.12. The zero-order valence-electron chi connectivity index (χ0n) is 17.5. The van der Waals surface area contributed by atoms with Crippen LogP contribution < -0.4 is 16.2 Å². The normalized spacial score (nSPS) is 11.3. The third-order valence-electron chi connectivity index (χ3n) is 4.65. The predicted molar refractivity (Wildman–Crippen MR) is 118 cm³/mol. The van der Waals surface area contributed by atoms with Crippen molar-refractivity contribution in [3.8, 4) is 0 Å². The highest BCUT2D eigenvalue weighted by atomic mass is 32.2. The van der Waals surface area contributed by atoms with Crippen LogP contribution in [0.1, 0.15) is 15.9 Å². The Labute approximate surface area is 185 Å². The number of H-pyrrole nitrogens is 1. The van der Waals surface area contributed by atoms with Gasteiger partial charge in [0.25, 0.3) is 11.8 Å². The smallest absolute Gasteiger partial charge is 0.257 e. The molecule has 32 heavy (non-hydrogen) atoms. The number of aromatic amines is 1. The zero-order chi connectivity index (χ0) is 23.3. The van der Waals surface area contributed by atoms with E-state index in [1.165, 1.54) is 38.4 Å². The van der Waals surface area contributed by atoms with Gasteiger partial charge < -0.3 is 10.3 Å². The highest BCUT2D eigenvalue weighted by Gasteiger charge is 2.19. The molecule has 1 aromatic heterocycles. The Kier molecular flexibility index (Phi) is 6.91. The first-order valence-electron chi connectivity index (χ1n) is 9.62. The largest absolute Gasteiger partial charge is 0.361 e. The number of benzene rings is 2. The molecule has 11 heteroatoms. The Morgan fingerprint density at radius 2 is 1.69 bits per heavy atom. The Hall–Kier alpha value is -3.70. The van der Waals surface area contributed by atoms with Crippen LogP contribution in [0.4, 0.5) is 0 Å². The summed E-state index contributed by atoms with van der Waals surface area (Å²) in [6.45, 7) is -0.406. The molecule has 0 radical (unpaired) electrons. The van der Waals surface area contributed by atoms with Crippen molar-refractivity contribution in [1.29, 1.82) is 0 Å². The average molecular weight is 458 g/mol. The van der Waals surface area contributed by atoms with Gasteiger partial charge in [-0.05, 0) is 29.8 Å². The molecular weight excluding hydrogens is 434 g/mol. The third-order valence-corrected chi connectivity index (χ3v) is 6.46. The Morgan fingerprint density at radius 3 is 2.44 bits per heavy atom. The minimum Gasteiger partial charge on any atom is -0.361 e. The summed E-state index contributed by atoms with van der Waals surface area (Å²) in [7, 11) is -0.917. The summed E-state index contributed by atoms with van der Waals surface area (Å²) in [5.74, 6) is -1.68. The number of nitrogens with zero attached hydrogens (tertiary/aromatic N) is 1. The molecule has 0 saturated heterocycles. The lowest BCUT2D eigenvalue weighted by atomic mass is 10.1. The number of carbonyl (C=O) groups excluding carboxylic acids is 3. The first kappa shape index (κ1) is 23.0. The zero-order valence-corrected chi connectivity index (χ0v) is 18.3. The van der Waals surface area contributed by atoms with Gasteiger partial charge in [-0.1, -0.05) is 24.3 Å². The number of para-hydroxylation sites is 1. The topological polar surface area (TPSA) is 140 Å². The van der Waals surface area contributed by atoms with Gasteiger partial charge >= 0.3 is 0 Å². The molecule has 1 heterocycles. The lowest BCUT2D eigenvalue weighted by Crippen LogP contribution is -2.46. The maximum Gasteiger partial charge on any atom is 0.257 e. The van der Waals surface area contributed by atoms with Gasteiger partial charge in [0.2, 0.25) is 15.9 Å². The van der Waals surface area contributed by atoms with Crippen LogP contribution in [0.25, 0.3) is 10.9 Å². The molecule has 3 rings (SSSR count). The summed E-state index contributed by atoms with van der Waals surface area (Å²) in [4.78, 5) is 39.4. The summed E-state index contributed by atoms with van der Waals surface area (Å²) in [6, 6.07) is 13.0. The van der Waals surface area contributed by atoms with Crippen LogP contribution in [0.5, 0.6) is 0 Å². The number of aromatic nitrogens is 1. The molecule has 0 aliphatic heterocycles. The van der Waals surface area contributed by atoms with Crippen LogP contribution in [-0.4, -0.2) is 56.1 Å². The van der Waals surface area contributed by atoms with E-state index < -0.39 is 34.3 Å². The number of sulfonamides is 1. The standard InChI is InChI=1S/C21H23N5O5S/c1-26(2)32(30,31)16-7-5-6-14(10-16)21(29)23-13-20(28)25-24-19(27)11-15-12-22-18-9-4-3-8-17(15)18/h3-10,12,22H,11,13H2,1-2H3,(H,23,29)(H,24,27)(H,25,28). The van der Waals surface area contributed by atoms with E-state index in [1.54, 1.807) is 6.20 Å². The number of fused-ring (bicyclic) bond motifs is 1. The summed E-state index contributed by atoms with van der Waals surface area (Å²) in [5, 5.41) is 3.30. The molecule has 0 spiro atoms. The van der Waals surface area contributed by atoms with Crippen molar-refractivity contribution < 1.29 is 22.8 Å². The van der Waals surface area contributed by atoms with E-state index in [0.29, 0.717) is 0 Å². The van der Waals surface area contributed by atoms with Gasteiger partial charge in [0.1, 0.15) is 0 Å². The molecule has 10 nitrogen and oxygen atoms in total. The average Bonchev–Trinajstić information content (AvgIpc) is 3.18. The predicted octanol–water partition coefficient (Wildman–Crippen LogP) is 0.538. The molecule has 2 aromatic carbocycles. The van der Waals surface area contributed by atoms with E-state index in [9.17, 15) is 22.8 Å². The Balaban J connectivity index is 1.49. The first-order valence-corrected chi connectivity index (χ1v) is 11.1. The number of hydrogen-bond acceptors (Lipinski definition) is 5. The molecular formula is C21H23N5O5S. The van der Waals surface area contributed by atoms with E-state index in [-0.39, 0.29) is 16.9 Å². The quantitative estimate of drug-likeness (QED) is 0.383. The van der Waals surface area contributed by atoms with Crippen molar-refractivity contribution in [3.63, 3.8) is 0 Å². The second-order valence-electron chi connectivity index (χ2n) is 7.13. The molecule has 0 unspecified atom stereocenters. The van der Waals surface area contributed by atoms with Gasteiger partial charge in [-0.25, -0.2) is 12.7 Å². The molecule has 0 bridgehead atoms. The van der Waals surface area contributed by atoms with Gasteiger partial charge in [0.05, 0.1) is 17.9 Å². The Bertz CT molecular complexity index is 1270. The molecule has 0 atom stereocenters. The molecule has 3 aromatic rings. The summed E-state index contributed by atoms with van der Waals surface area (Å²) in [6.07, 6.45) is 1.79. The first-order chi connectivity index (χ1) is 15.2. The summed E-state index contributed by atoms with van der Waals surface area (Å²) < 4.78 is 25.4. The number of hydrazine groups is 1. The molecule has 0 fully saturated rings. The minimum atomic E-state index is -3.69. The van der Waals surface area contributed by atoms with Crippen molar-refractivity contribution in [2.24, 2.45) is 0 Å². The van der Waals surface area contributed by atoms with Crippen LogP contribution in [0.15, 0.2) is 59.6 Å². The second kappa shape index (κ2) is 9.62. The fourth-order valence-corrected chi connectivity index (χ4v) is 3.90. The number of rotatable bonds is 7. The molecule has 4 N–H and O–H groups in total. The van der Waals surface area contributed by atoms with Crippen molar-refractivity contribution in [3.05, 3.63) is 65.9 Å². The monoisotopic (exact) mass is 457 g/mol. The molecule has 3 amide bonds. The minimum absolute atomic E-state index is 0.0378. The van der Waals surface area contributed by atoms with Gasteiger partial charge in [-0.15, -0.1) is 0 Å². The van der Waals surface area contributed by atoms with Crippen LogP contribution in [0.3, 0.4) is 0 Å². The van der Waals surface area contributed by atoms with Gasteiger partial charge in [0.15, 0.2) is 0 Å². The van der Waals surface area contributed by atoms with Gasteiger partial charge in [-0.2, -0.15) is 0 Å². The SMILES string of the molecule is CN(C)S(=O)(=O)c1cccc(C(=O)NCC(=O)NNC(=O)Cc2c[nH]c3ccccc23)c1. The molecule has 0 saturated carbocycles. The maximum absolute atomic E-state index is 12.3. The summed E-state index contributed by atoms with van der Waals surface area (Å²) in [5.41, 5.74) is 6.32. The highest BCUT2D eigenvalue weighted by Crippen LogP contribution is 2.18. The van der Waals surface area contributed by atoms with Crippen molar-refractivity contribution in [2.75, 3.05) is 20.6 Å². The second-order valence-corrected chi connectivity index (χ2v) is 9.28. The third kappa shape index (κ3) is 5.31. The van der Waals surface area contributed by atoms with Crippen LogP contribution in [-0.2, 0) is 26.0 Å². The molecule has 0 aliphatic carbocycles. The highest BCUT2D eigenvalue weighted by molar-refractivity contribution is 7.89. The van der Waals surface area contributed by atoms with Gasteiger partial charge in [-0.3, -0.25) is 25.2 Å². The number of amides is 3. The Morgan fingerprint density at radius 1 is 0.969 bits per heavy atom. The lowest BCUT2D eigenvalue weighted by molar-refractivity contribution is -0.128. The number of nitrogens with one attached hydrogen (secondary N) is 4. The number of hydrogen-bond donors (Lipinski definition) is 4.